The second kappa shape index (κ2) is 17.6. The van der Waals surface area contributed by atoms with E-state index in [1.165, 1.54) is 5.56 Å². The van der Waals surface area contributed by atoms with Gasteiger partial charge in [0.25, 0.3) is 0 Å². The first-order valence-corrected chi connectivity index (χ1v) is 16.8. The summed E-state index contributed by atoms with van der Waals surface area (Å²) in [6.07, 6.45) is -0.495. The highest BCUT2D eigenvalue weighted by atomic mass is 35.5. The third-order valence-corrected chi connectivity index (χ3v) is 9.33. The predicted octanol–water partition coefficient (Wildman–Crippen LogP) is 8.08. The van der Waals surface area contributed by atoms with E-state index in [0.29, 0.717) is 49.3 Å². The molecular weight excluding hydrogens is 700 g/mol. The van der Waals surface area contributed by atoms with E-state index < -0.39 is 29.5 Å². The summed E-state index contributed by atoms with van der Waals surface area (Å²) in [4.78, 5) is 15.3. The van der Waals surface area contributed by atoms with Gasteiger partial charge in [-0.05, 0) is 64.3 Å². The minimum Gasteiger partial charge on any atom is -0.492 e. The molecule has 1 saturated heterocycles. The highest BCUT2D eigenvalue weighted by molar-refractivity contribution is 5.85. The number of carbonyl (C=O) groups excluding carboxylic acids is 1. The summed E-state index contributed by atoms with van der Waals surface area (Å²) in [5.41, 5.74) is 3.18. The van der Waals surface area contributed by atoms with Gasteiger partial charge in [-0.3, -0.25) is 4.90 Å². The zero-order chi connectivity index (χ0) is 34.5. The molecule has 0 amide bonds. The number of esters is 1. The molecule has 4 aromatic carbocycles. The summed E-state index contributed by atoms with van der Waals surface area (Å²) in [5, 5.41) is 3.55. The number of piperidine rings is 1. The van der Waals surface area contributed by atoms with E-state index in [-0.39, 0.29) is 48.9 Å². The number of hydrogen-bond acceptors (Lipinski definition) is 6. The first-order chi connectivity index (χ1) is 23.5. The summed E-state index contributed by atoms with van der Waals surface area (Å²) >= 11 is 0. The van der Waals surface area contributed by atoms with Gasteiger partial charge in [-0.25, -0.2) is 18.0 Å². The second-order valence-electron chi connectivity index (χ2n) is 14.0. The lowest BCUT2D eigenvalue weighted by atomic mass is 9.87. The Bertz CT molecular complexity index is 1710. The molecule has 1 aliphatic carbocycles. The zero-order valence-corrected chi connectivity index (χ0v) is 30.6. The molecule has 0 bridgehead atoms. The van der Waals surface area contributed by atoms with Crippen LogP contribution in [0.15, 0.2) is 91.0 Å². The number of rotatable bonds is 14. The molecule has 1 heterocycles. The van der Waals surface area contributed by atoms with E-state index in [1.54, 1.807) is 0 Å². The van der Waals surface area contributed by atoms with E-state index >= 15 is 0 Å². The average Bonchev–Trinajstić information content (AvgIpc) is 3.53. The number of benzene rings is 4. The van der Waals surface area contributed by atoms with Gasteiger partial charge in [0, 0.05) is 50.3 Å². The standard InChI is InChI=1S/C40H43F3N2O4.2ClH/c1-40(2,3)29-11-15-31(16-12-29)49-37(39(46)48-25-27-7-5-4-6-8-27)19-26-9-13-30(14-10-26)47-18-17-44-38-32-23-45(24-33(32)38)22-28-20-35(42)36(43)21-34(28)41;;/h4-16,20-21,32-33,37-38,44H,17-19,22-25H2,1-3H3;2*1H/t32-,33+,37-,38?;;/m0../s1. The van der Waals surface area contributed by atoms with Crippen molar-refractivity contribution in [1.29, 1.82) is 0 Å². The maximum atomic E-state index is 14.0. The monoisotopic (exact) mass is 744 g/mol. The smallest absolute Gasteiger partial charge is 0.348 e. The summed E-state index contributed by atoms with van der Waals surface area (Å²) in [6, 6.07) is 27.0. The SMILES string of the molecule is CC(C)(C)c1ccc(O[C@@H](Cc2ccc(OCCNC3[C@H]4CN(Cc5cc(F)c(F)cc5F)C[C@@H]34)cc2)C(=O)OCc2ccccc2)cc1.Cl.Cl. The van der Waals surface area contributed by atoms with Gasteiger partial charge in [-0.15, -0.1) is 24.8 Å². The fourth-order valence-electron chi connectivity index (χ4n) is 6.49. The van der Waals surface area contributed by atoms with Crippen LogP contribution in [0.5, 0.6) is 11.5 Å². The van der Waals surface area contributed by atoms with Crippen molar-refractivity contribution in [2.75, 3.05) is 26.2 Å². The van der Waals surface area contributed by atoms with Gasteiger partial charge in [-0.2, -0.15) is 0 Å². The van der Waals surface area contributed by atoms with Crippen molar-refractivity contribution in [1.82, 2.24) is 10.2 Å². The molecule has 1 unspecified atom stereocenters. The van der Waals surface area contributed by atoms with Crippen molar-refractivity contribution in [3.05, 3.63) is 131 Å². The van der Waals surface area contributed by atoms with Crippen LogP contribution < -0.4 is 14.8 Å². The number of likely N-dealkylation sites (tertiary alicyclic amines) is 1. The molecule has 0 radical (unpaired) electrons. The fourth-order valence-corrected chi connectivity index (χ4v) is 6.49. The van der Waals surface area contributed by atoms with Crippen molar-refractivity contribution in [2.45, 2.75) is 57.9 Å². The molecule has 2 aliphatic rings. The lowest BCUT2D eigenvalue weighted by Gasteiger charge is -2.21. The molecule has 2 fully saturated rings. The van der Waals surface area contributed by atoms with Crippen LogP contribution in [-0.4, -0.2) is 49.3 Å². The summed E-state index contributed by atoms with van der Waals surface area (Å²) < 4.78 is 58.7. The van der Waals surface area contributed by atoms with E-state index in [1.807, 2.05) is 78.9 Å². The van der Waals surface area contributed by atoms with Gasteiger partial charge in [0.05, 0.1) is 0 Å². The molecule has 6 nitrogen and oxygen atoms in total. The number of nitrogens with one attached hydrogen (secondary N) is 1. The summed E-state index contributed by atoms with van der Waals surface area (Å²) in [6.45, 7) is 9.63. The molecule has 51 heavy (non-hydrogen) atoms. The minimum absolute atomic E-state index is 0. The average molecular weight is 746 g/mol. The number of fused-ring (bicyclic) bond motifs is 1. The molecule has 0 aromatic heterocycles. The predicted molar refractivity (Wildman–Crippen MR) is 196 cm³/mol. The summed E-state index contributed by atoms with van der Waals surface area (Å²) in [5.74, 6) is -1.09. The summed E-state index contributed by atoms with van der Waals surface area (Å²) in [7, 11) is 0. The maximum absolute atomic E-state index is 14.0. The van der Waals surface area contributed by atoms with Crippen molar-refractivity contribution in [3.63, 3.8) is 0 Å². The van der Waals surface area contributed by atoms with Gasteiger partial charge in [0.1, 0.15) is 30.5 Å². The van der Waals surface area contributed by atoms with Crippen LogP contribution in [0.1, 0.15) is 43.0 Å². The Hall–Kier alpha value is -3.76. The Labute approximate surface area is 310 Å². The molecule has 4 aromatic rings. The van der Waals surface area contributed by atoms with Crippen LogP contribution >= 0.6 is 24.8 Å². The third kappa shape index (κ3) is 10.6. The third-order valence-electron chi connectivity index (χ3n) is 9.33. The maximum Gasteiger partial charge on any atom is 0.348 e. The zero-order valence-electron chi connectivity index (χ0n) is 28.9. The van der Waals surface area contributed by atoms with Crippen LogP contribution in [0.4, 0.5) is 13.2 Å². The molecule has 1 N–H and O–H groups in total. The van der Waals surface area contributed by atoms with Gasteiger partial charge in [0.15, 0.2) is 17.7 Å². The Balaban J connectivity index is 0.00000292. The van der Waals surface area contributed by atoms with Gasteiger partial charge in [0.2, 0.25) is 0 Å². The largest absolute Gasteiger partial charge is 0.492 e. The second-order valence-corrected chi connectivity index (χ2v) is 14.0. The molecule has 4 atom stereocenters. The fraction of sp³-hybridized carbons (Fsp3) is 0.375. The first kappa shape index (κ1) is 40.0. The molecule has 274 valence electrons. The normalized spacial score (nSPS) is 18.5. The van der Waals surface area contributed by atoms with Crippen molar-refractivity contribution in [3.8, 4) is 11.5 Å². The van der Waals surface area contributed by atoms with Crippen LogP contribution in [0, 0.1) is 29.3 Å². The molecule has 0 spiro atoms. The van der Waals surface area contributed by atoms with Gasteiger partial charge in [-0.1, -0.05) is 75.4 Å². The van der Waals surface area contributed by atoms with Crippen molar-refractivity contribution >= 4 is 30.8 Å². The Morgan fingerprint density at radius 1 is 0.824 bits per heavy atom. The molecular formula is C40H45Cl2F3N2O4. The lowest BCUT2D eigenvalue weighted by molar-refractivity contribution is -0.153. The van der Waals surface area contributed by atoms with Gasteiger partial charge < -0.3 is 19.5 Å². The van der Waals surface area contributed by atoms with E-state index in [0.717, 1.165) is 36.0 Å². The van der Waals surface area contributed by atoms with Crippen LogP contribution in [-0.2, 0) is 34.5 Å². The Morgan fingerprint density at radius 3 is 2.10 bits per heavy atom. The molecule has 1 saturated carbocycles. The number of nitrogens with zero attached hydrogens (tertiary/aromatic N) is 1. The highest BCUT2D eigenvalue weighted by Crippen LogP contribution is 2.45. The quantitative estimate of drug-likeness (QED) is 0.0801. The topological polar surface area (TPSA) is 60.0 Å². The Kier molecular flexibility index (Phi) is 13.8. The van der Waals surface area contributed by atoms with Crippen molar-refractivity contribution in [2.24, 2.45) is 11.8 Å². The van der Waals surface area contributed by atoms with Crippen molar-refractivity contribution < 1.29 is 32.2 Å². The lowest BCUT2D eigenvalue weighted by Crippen LogP contribution is -2.33. The number of hydrogen-bond donors (Lipinski definition) is 1. The number of halogens is 5. The van der Waals surface area contributed by atoms with E-state index in [4.69, 9.17) is 14.2 Å². The molecule has 1 aliphatic heterocycles. The minimum atomic E-state index is -1.17. The van der Waals surface area contributed by atoms with Crippen LogP contribution in [0.25, 0.3) is 0 Å². The van der Waals surface area contributed by atoms with E-state index in [9.17, 15) is 18.0 Å². The van der Waals surface area contributed by atoms with Gasteiger partial charge >= 0.3 is 5.97 Å². The number of carbonyl (C=O) groups is 1. The van der Waals surface area contributed by atoms with E-state index in [2.05, 4.69) is 31.0 Å². The molecule has 6 rings (SSSR count). The van der Waals surface area contributed by atoms with Crippen LogP contribution in [0.3, 0.4) is 0 Å². The highest BCUT2D eigenvalue weighted by Gasteiger charge is 2.55. The Morgan fingerprint density at radius 2 is 1.45 bits per heavy atom. The van der Waals surface area contributed by atoms with Crippen LogP contribution in [0.2, 0.25) is 0 Å². The first-order valence-electron chi connectivity index (χ1n) is 16.8. The molecule has 11 heteroatoms. The number of ether oxygens (including phenoxy) is 3.